The number of carboxylic acids is 1. The maximum atomic E-state index is 11.2. The van der Waals surface area contributed by atoms with E-state index in [1.54, 1.807) is 31.7 Å². The molecule has 0 radical (unpaired) electrons. The Morgan fingerprint density at radius 2 is 0.741 bits per heavy atom. The van der Waals surface area contributed by atoms with E-state index in [1.807, 2.05) is 72.8 Å². The van der Waals surface area contributed by atoms with Crippen molar-refractivity contribution in [3.63, 3.8) is 0 Å². The zero-order valence-electron chi connectivity index (χ0n) is 26.9. The van der Waals surface area contributed by atoms with Crippen molar-refractivity contribution in [3.8, 4) is 22.8 Å². The van der Waals surface area contributed by atoms with Crippen LogP contribution in [0, 0.1) is 0 Å². The number of aromatic nitrogens is 4. The molecule has 0 bridgehead atoms. The Morgan fingerprint density at radius 3 is 0.926 bits per heavy atom. The molecule has 5 rings (SSSR count). The van der Waals surface area contributed by atoms with Crippen LogP contribution in [-0.2, 0) is 39.0 Å². The summed E-state index contributed by atoms with van der Waals surface area (Å²) in [6.07, 6.45) is 7.07. The Bertz CT molecular complexity index is 1670. The Morgan fingerprint density at radius 1 is 0.500 bits per heavy atom. The molecule has 5 aromatic rings. The molecule has 0 saturated heterocycles. The van der Waals surface area contributed by atoms with Crippen molar-refractivity contribution in [2.45, 2.75) is 6.92 Å². The molecule has 4 heterocycles. The zero-order chi connectivity index (χ0) is 39.8. The van der Waals surface area contributed by atoms with E-state index in [1.165, 1.54) is 24.3 Å². The van der Waals surface area contributed by atoms with Gasteiger partial charge in [-0.3, -0.25) is 19.9 Å². The number of carbonyl (C=O) groups excluding carboxylic acids is 1. The first kappa shape index (κ1) is 52.1. The summed E-state index contributed by atoms with van der Waals surface area (Å²) in [5, 5.41) is 21.6. The van der Waals surface area contributed by atoms with Crippen LogP contribution in [0.1, 0.15) is 22.8 Å². The minimum absolute atomic E-state index is 0. The van der Waals surface area contributed by atoms with Gasteiger partial charge in [-0.1, -0.05) is 48.5 Å². The number of carboxylic acid groups (broad SMARTS) is 1. The van der Waals surface area contributed by atoms with Crippen molar-refractivity contribution in [3.05, 3.63) is 133 Å². The number of hydrogen-bond acceptors (Lipinski definition) is 8. The van der Waals surface area contributed by atoms with Gasteiger partial charge in [0.15, 0.2) is 0 Å². The third kappa shape index (κ3) is 32.7. The van der Waals surface area contributed by atoms with E-state index in [-0.39, 0.29) is 50.4 Å². The first-order valence-corrected chi connectivity index (χ1v) is 17.8. The normalized spacial score (nSPS) is 13.2. The van der Waals surface area contributed by atoms with Gasteiger partial charge >= 0.3 is 105 Å². The van der Waals surface area contributed by atoms with Crippen LogP contribution in [-0.4, -0.2) is 38.3 Å². The molecule has 0 aliphatic heterocycles. The van der Waals surface area contributed by atoms with E-state index in [0.717, 1.165) is 22.8 Å². The predicted molar refractivity (Wildman–Crippen MR) is 170 cm³/mol. The topological polar surface area (TPSA) is 127 Å². The van der Waals surface area contributed by atoms with E-state index >= 15 is 0 Å². The van der Waals surface area contributed by atoms with E-state index in [0.29, 0.717) is 12.1 Å². The molecule has 0 aliphatic carbocycles. The zero-order valence-corrected chi connectivity index (χ0v) is 32.1. The molecule has 0 aliphatic rings. The molecule has 0 atom stereocenters. The fourth-order valence-electron chi connectivity index (χ4n) is 3.04. The maximum Gasteiger partial charge on any atom is 2.00 e. The fraction of sp³-hybridized carbons (Fsp3) is 0.0667. The molecule has 298 valence electrons. The van der Waals surface area contributed by atoms with Crippen LogP contribution in [0.5, 0.6) is 0 Å². The van der Waals surface area contributed by atoms with Crippen LogP contribution in [0.25, 0.3) is 22.8 Å². The van der Waals surface area contributed by atoms with Crippen molar-refractivity contribution in [1.29, 1.82) is 0 Å². The minimum Gasteiger partial charge on any atom is -0.255 e. The smallest absolute Gasteiger partial charge is 0.255 e. The number of carbonyl (C=O) groups is 1. The van der Waals surface area contributed by atoms with Crippen LogP contribution in [0.4, 0.5) is 50.4 Å². The minimum atomic E-state index is -10.7. The average molecular weight is 996 g/mol. The van der Waals surface area contributed by atoms with Crippen LogP contribution < -0.4 is 10.2 Å². The van der Waals surface area contributed by atoms with Crippen molar-refractivity contribution in [1.82, 2.24) is 19.9 Å². The van der Waals surface area contributed by atoms with Gasteiger partial charge in [0.25, 0.3) is 0 Å². The molecule has 0 spiro atoms. The number of rotatable bonds is 5. The van der Waals surface area contributed by atoms with Crippen LogP contribution in [0.2, 0.25) is 0 Å². The summed E-state index contributed by atoms with van der Waals surface area (Å²) in [7, 11) is -21.3. The van der Waals surface area contributed by atoms with Gasteiger partial charge in [-0.15, -0.1) is 0 Å². The third-order valence-corrected chi connectivity index (χ3v) is 4.85. The summed E-state index contributed by atoms with van der Waals surface area (Å²) in [4.78, 5) is 30.8. The molecular formula is C30H25F12N5O3P2Ru2. The van der Waals surface area contributed by atoms with Crippen LogP contribution in [0.3, 0.4) is 0 Å². The molecule has 1 aromatic carbocycles. The fourth-order valence-corrected chi connectivity index (χ4v) is 3.04. The summed E-state index contributed by atoms with van der Waals surface area (Å²) in [6, 6.07) is 28.7. The molecule has 0 amide bonds. The first-order valence-electron chi connectivity index (χ1n) is 13.8. The average Bonchev–Trinajstić information content (AvgIpc) is 3.04. The predicted octanol–water partition coefficient (Wildman–Crippen LogP) is 10.2. The molecule has 54 heavy (non-hydrogen) atoms. The molecule has 0 unspecified atom stereocenters. The number of hydrogen-bond donors (Lipinski definition) is 0. The van der Waals surface area contributed by atoms with Gasteiger partial charge in [0.2, 0.25) is 0 Å². The third-order valence-electron chi connectivity index (χ3n) is 4.85. The summed E-state index contributed by atoms with van der Waals surface area (Å²) in [5.41, 5.74) is 4.10. The molecule has 8 nitrogen and oxygen atoms in total. The van der Waals surface area contributed by atoms with E-state index in [2.05, 4.69) is 24.9 Å². The quantitative estimate of drug-likeness (QED) is 0.0564. The van der Waals surface area contributed by atoms with Gasteiger partial charge in [0.1, 0.15) is 0 Å². The van der Waals surface area contributed by atoms with E-state index in [4.69, 9.17) is 0 Å². The van der Waals surface area contributed by atoms with Gasteiger partial charge in [-0.05, 0) is 72.5 Å². The maximum absolute atomic E-state index is 11.2. The monoisotopic (exact) mass is 997 g/mol. The van der Waals surface area contributed by atoms with Crippen LogP contribution in [0.15, 0.2) is 127 Å². The van der Waals surface area contributed by atoms with Gasteiger partial charge in [-0.25, -0.2) is 0 Å². The number of nitrogens with zero attached hydrogens (tertiary/aromatic N) is 5. The molecule has 0 fully saturated rings. The number of aromatic carboxylic acids is 1. The molecule has 4 aromatic heterocycles. The SMILES string of the molecule is CCN=C([O-])c1ccc(C(=O)[O-])cc1.F[P-](F)(F)(F)(F)F.F[P-](F)(F)(F)(F)F.[Ru+2].[Ru+2].c1ccc(-c2ccccn2)nc1.c1ccc(-c2ccccn2)nc1. The number of benzene rings is 1. The Labute approximate surface area is 324 Å². The Balaban J connectivity index is 0. The largest absolute Gasteiger partial charge is 2.00 e. The molecule has 0 saturated carbocycles. The van der Waals surface area contributed by atoms with Crippen molar-refractivity contribution >= 4 is 27.5 Å². The summed E-state index contributed by atoms with van der Waals surface area (Å²) >= 11 is 0. The van der Waals surface area contributed by atoms with Gasteiger partial charge in [0, 0.05) is 31.3 Å². The Kier molecular flexibility index (Phi) is 18.9. The number of halogens is 12. The van der Waals surface area contributed by atoms with Gasteiger partial charge in [0.05, 0.1) is 28.7 Å². The summed E-state index contributed by atoms with van der Waals surface area (Å²) in [5.74, 6) is -1.59. The standard InChI is InChI=1S/2C10H8N2.C10H11NO3.2F6P.2Ru/c2*1-3-7-11-9(5-1)10-6-2-4-8-12-10;1-2-11-9(12)7-3-5-8(6-4-7)10(13)14;2*1-7(2,3,4,5)6;;/h2*1-8H;3-6H,2H2,1H3,(H,11,12)(H,13,14);;;;/q;;;2*-1;2*+2/p-2. The molecular weight excluding hydrogens is 970 g/mol. The number of aliphatic imine (C=N–C) groups is 1. The van der Waals surface area contributed by atoms with Crippen molar-refractivity contribution in [2.24, 2.45) is 4.99 Å². The summed E-state index contributed by atoms with van der Waals surface area (Å²) < 4.78 is 118. The van der Waals surface area contributed by atoms with Crippen molar-refractivity contribution in [2.75, 3.05) is 6.54 Å². The second-order valence-electron chi connectivity index (χ2n) is 9.42. The first-order chi connectivity index (χ1) is 23.5. The Hall–Kier alpha value is -3.97. The number of pyridine rings is 4. The summed E-state index contributed by atoms with van der Waals surface area (Å²) in [6.45, 7) is 2.18. The molecule has 24 heteroatoms. The van der Waals surface area contributed by atoms with Gasteiger partial charge < -0.3 is 20.0 Å². The second-order valence-corrected chi connectivity index (χ2v) is 13.3. The van der Waals surface area contributed by atoms with Crippen LogP contribution >= 0.6 is 15.6 Å². The van der Waals surface area contributed by atoms with Gasteiger partial charge in [-0.2, -0.15) is 0 Å². The second kappa shape index (κ2) is 19.6. The molecule has 0 N–H and O–H groups in total. The van der Waals surface area contributed by atoms with E-state index in [9.17, 15) is 65.4 Å². The van der Waals surface area contributed by atoms with Crippen molar-refractivity contribution < 1.29 is 104 Å². The van der Waals surface area contributed by atoms with E-state index < -0.39 is 21.6 Å².